The summed E-state index contributed by atoms with van der Waals surface area (Å²) in [5.74, 6) is 1.87. The zero-order chi connectivity index (χ0) is 14.5. The molecule has 1 aromatic carbocycles. The first-order valence-corrected chi connectivity index (χ1v) is 7.81. The van der Waals surface area contributed by atoms with Crippen LogP contribution in [0.5, 0.6) is 0 Å². The number of rotatable bonds is 6. The third kappa shape index (κ3) is 5.34. The third-order valence-electron chi connectivity index (χ3n) is 3.08. The number of nitrogens with two attached hydrogens (primary N) is 1. The molecule has 0 saturated carbocycles. The van der Waals surface area contributed by atoms with Gasteiger partial charge in [0.15, 0.2) is 0 Å². The van der Waals surface area contributed by atoms with E-state index in [0.29, 0.717) is 17.0 Å². The van der Waals surface area contributed by atoms with E-state index in [1.807, 2.05) is 12.1 Å². The fourth-order valence-corrected chi connectivity index (χ4v) is 2.79. The molecule has 0 radical (unpaired) electrons. The van der Waals surface area contributed by atoms with Crippen LogP contribution < -0.4 is 5.73 Å². The Bertz CT molecular complexity index is 559. The molecular weight excluding hydrogens is 306 g/mol. The van der Waals surface area contributed by atoms with Crippen molar-refractivity contribution in [2.75, 3.05) is 0 Å². The molecule has 1 aromatic heterocycles. The maximum atomic E-state index is 6.04. The molecule has 1 atom stereocenters. The maximum absolute atomic E-state index is 6.04. The smallest absolute Gasteiger partial charge is 0.276 e. The van der Waals surface area contributed by atoms with Crippen molar-refractivity contribution < 1.29 is 4.42 Å². The summed E-state index contributed by atoms with van der Waals surface area (Å²) in [5.41, 5.74) is 8.59. The molecule has 116 valence electrons. The van der Waals surface area contributed by atoms with Crippen LogP contribution in [0.15, 0.2) is 33.9 Å². The number of thioether (sulfide) groups is 1. The summed E-state index contributed by atoms with van der Waals surface area (Å²) < 4.78 is 5.62. The van der Waals surface area contributed by atoms with Gasteiger partial charge in [-0.2, -0.15) is 0 Å². The summed E-state index contributed by atoms with van der Waals surface area (Å²) in [6.07, 6.45) is 0.851. The lowest BCUT2D eigenvalue weighted by molar-refractivity contribution is 0.361. The molecule has 1 unspecified atom stereocenters. The second kappa shape index (κ2) is 8.41. The highest BCUT2D eigenvalue weighted by Crippen LogP contribution is 2.25. The summed E-state index contributed by atoms with van der Waals surface area (Å²) in [6.45, 7) is 6.36. The van der Waals surface area contributed by atoms with E-state index in [2.05, 4.69) is 43.1 Å². The van der Waals surface area contributed by atoms with E-state index in [1.165, 1.54) is 11.1 Å². The number of nitrogens with zero attached hydrogens (tertiary/aromatic N) is 2. The van der Waals surface area contributed by atoms with Gasteiger partial charge < -0.3 is 10.2 Å². The lowest BCUT2D eigenvalue weighted by Crippen LogP contribution is -2.13. The summed E-state index contributed by atoms with van der Waals surface area (Å²) in [7, 11) is 0. The SMILES string of the molecule is Cc1ccccc1CSc1nnc(C(N)CC(C)C)o1.Cl. The summed E-state index contributed by atoms with van der Waals surface area (Å²) in [4.78, 5) is 0. The minimum Gasteiger partial charge on any atom is -0.414 e. The van der Waals surface area contributed by atoms with Crippen molar-refractivity contribution in [3.63, 3.8) is 0 Å². The van der Waals surface area contributed by atoms with E-state index in [4.69, 9.17) is 10.2 Å². The van der Waals surface area contributed by atoms with Gasteiger partial charge in [-0.15, -0.1) is 22.6 Å². The van der Waals surface area contributed by atoms with Gasteiger partial charge in [-0.3, -0.25) is 0 Å². The fourth-order valence-electron chi connectivity index (χ4n) is 1.95. The Hall–Kier alpha value is -1.04. The lowest BCUT2D eigenvalue weighted by Gasteiger charge is -2.08. The zero-order valence-electron chi connectivity index (χ0n) is 12.6. The second-order valence-electron chi connectivity index (χ2n) is 5.36. The van der Waals surface area contributed by atoms with Crippen LogP contribution in [0.3, 0.4) is 0 Å². The number of hydrogen-bond donors (Lipinski definition) is 1. The monoisotopic (exact) mass is 327 g/mol. The topological polar surface area (TPSA) is 64.9 Å². The Kier molecular flexibility index (Phi) is 7.22. The number of aromatic nitrogens is 2. The van der Waals surface area contributed by atoms with Crippen molar-refractivity contribution in [1.82, 2.24) is 10.2 Å². The molecule has 2 aromatic rings. The number of halogens is 1. The molecule has 0 saturated heterocycles. The molecule has 0 amide bonds. The van der Waals surface area contributed by atoms with Crippen molar-refractivity contribution in [2.24, 2.45) is 11.7 Å². The quantitative estimate of drug-likeness (QED) is 0.808. The molecule has 0 aliphatic carbocycles. The van der Waals surface area contributed by atoms with Gasteiger partial charge in [-0.05, 0) is 30.4 Å². The molecule has 4 nitrogen and oxygen atoms in total. The van der Waals surface area contributed by atoms with Crippen LogP contribution in [0, 0.1) is 12.8 Å². The highest BCUT2D eigenvalue weighted by molar-refractivity contribution is 7.98. The van der Waals surface area contributed by atoms with E-state index >= 15 is 0 Å². The fraction of sp³-hybridized carbons (Fsp3) is 0.467. The van der Waals surface area contributed by atoms with E-state index < -0.39 is 0 Å². The van der Waals surface area contributed by atoms with Crippen LogP contribution in [0.1, 0.15) is 43.3 Å². The molecule has 2 N–H and O–H groups in total. The summed E-state index contributed by atoms with van der Waals surface area (Å²) >= 11 is 1.55. The molecule has 2 rings (SSSR count). The van der Waals surface area contributed by atoms with Gasteiger partial charge >= 0.3 is 0 Å². The van der Waals surface area contributed by atoms with Crippen LogP contribution in [0.2, 0.25) is 0 Å². The van der Waals surface area contributed by atoms with Gasteiger partial charge in [0.05, 0.1) is 6.04 Å². The molecule has 0 fully saturated rings. The average molecular weight is 328 g/mol. The van der Waals surface area contributed by atoms with Crippen LogP contribution >= 0.6 is 24.2 Å². The van der Waals surface area contributed by atoms with Crippen molar-refractivity contribution in [3.8, 4) is 0 Å². The zero-order valence-corrected chi connectivity index (χ0v) is 14.2. The predicted molar refractivity (Wildman–Crippen MR) is 88.7 cm³/mol. The van der Waals surface area contributed by atoms with Crippen molar-refractivity contribution in [2.45, 2.75) is 44.2 Å². The third-order valence-corrected chi connectivity index (χ3v) is 3.94. The van der Waals surface area contributed by atoms with Crippen molar-refractivity contribution >= 4 is 24.2 Å². The molecule has 0 spiro atoms. The van der Waals surface area contributed by atoms with E-state index in [0.717, 1.165) is 12.2 Å². The number of benzene rings is 1. The Morgan fingerprint density at radius 3 is 2.62 bits per heavy atom. The highest BCUT2D eigenvalue weighted by Gasteiger charge is 2.16. The molecular formula is C15H22ClN3OS. The summed E-state index contributed by atoms with van der Waals surface area (Å²) in [5, 5.41) is 8.68. The first-order valence-electron chi connectivity index (χ1n) is 6.82. The van der Waals surface area contributed by atoms with E-state index in [-0.39, 0.29) is 18.4 Å². The largest absolute Gasteiger partial charge is 0.414 e. The average Bonchev–Trinajstić information content (AvgIpc) is 2.86. The van der Waals surface area contributed by atoms with Crippen LogP contribution in [-0.2, 0) is 5.75 Å². The predicted octanol–water partition coefficient (Wildman–Crippen LogP) is 4.14. The molecule has 0 aliphatic rings. The minimum atomic E-state index is -0.171. The van der Waals surface area contributed by atoms with Gasteiger partial charge in [0.1, 0.15) is 0 Å². The number of aryl methyl sites for hydroxylation is 1. The number of hydrogen-bond acceptors (Lipinski definition) is 5. The van der Waals surface area contributed by atoms with Crippen molar-refractivity contribution in [3.05, 3.63) is 41.3 Å². The molecule has 21 heavy (non-hydrogen) atoms. The Morgan fingerprint density at radius 2 is 1.95 bits per heavy atom. The first kappa shape index (κ1) is 18.0. The van der Waals surface area contributed by atoms with Gasteiger partial charge in [0.25, 0.3) is 5.22 Å². The van der Waals surface area contributed by atoms with Gasteiger partial charge in [-0.1, -0.05) is 49.9 Å². The van der Waals surface area contributed by atoms with Gasteiger partial charge in [0, 0.05) is 5.75 Å². The van der Waals surface area contributed by atoms with E-state index in [1.54, 1.807) is 11.8 Å². The first-order chi connectivity index (χ1) is 9.56. The maximum Gasteiger partial charge on any atom is 0.276 e. The Labute approximate surface area is 136 Å². The minimum absolute atomic E-state index is 0. The standard InChI is InChI=1S/C15H21N3OS.ClH/c1-10(2)8-13(16)14-17-18-15(19-14)20-9-12-7-5-4-6-11(12)3;/h4-7,10,13H,8-9,16H2,1-3H3;1H. The van der Waals surface area contributed by atoms with Crippen LogP contribution in [0.25, 0.3) is 0 Å². The summed E-state index contributed by atoms with van der Waals surface area (Å²) in [6, 6.07) is 8.13. The molecule has 0 bridgehead atoms. The van der Waals surface area contributed by atoms with Gasteiger partial charge in [-0.25, -0.2) is 0 Å². The Morgan fingerprint density at radius 1 is 1.24 bits per heavy atom. The lowest BCUT2D eigenvalue weighted by atomic mass is 10.1. The molecule has 0 aliphatic heterocycles. The van der Waals surface area contributed by atoms with Crippen LogP contribution in [0.4, 0.5) is 0 Å². The van der Waals surface area contributed by atoms with Crippen molar-refractivity contribution in [1.29, 1.82) is 0 Å². The Balaban J connectivity index is 0.00000220. The highest BCUT2D eigenvalue weighted by atomic mass is 35.5. The molecule has 6 heteroatoms. The normalized spacial score (nSPS) is 12.2. The van der Waals surface area contributed by atoms with E-state index in [9.17, 15) is 0 Å². The van der Waals surface area contributed by atoms with Gasteiger partial charge in [0.2, 0.25) is 5.89 Å². The molecule has 1 heterocycles. The van der Waals surface area contributed by atoms with Crippen LogP contribution in [-0.4, -0.2) is 10.2 Å². The second-order valence-corrected chi connectivity index (χ2v) is 6.28.